The van der Waals surface area contributed by atoms with Crippen molar-refractivity contribution >= 4 is 21.6 Å². The third kappa shape index (κ3) is 3.88. The van der Waals surface area contributed by atoms with E-state index in [-0.39, 0.29) is 5.75 Å². The van der Waals surface area contributed by atoms with Crippen LogP contribution in [0.1, 0.15) is 18.4 Å². The molecule has 2 saturated heterocycles. The molecule has 0 aliphatic carbocycles. The molecule has 2 heterocycles. The van der Waals surface area contributed by atoms with Crippen molar-refractivity contribution in [2.24, 2.45) is 0 Å². The number of methoxy groups -OCH3 is 1. The standard InChI is InChI=1S/C16H23ClN2O3S/c1-22-15-6-8-18(9-7-15)14-10-19(11-14)23(20,21)12-13-4-2-3-5-16(13)17/h2-5,14-15H,6-12H2,1H3. The Balaban J connectivity index is 1.53. The Bertz CT molecular complexity index is 638. The fourth-order valence-corrected chi connectivity index (χ4v) is 5.16. The summed E-state index contributed by atoms with van der Waals surface area (Å²) in [7, 11) is -1.53. The van der Waals surface area contributed by atoms with Crippen molar-refractivity contribution in [1.82, 2.24) is 9.21 Å². The van der Waals surface area contributed by atoms with Crippen LogP contribution >= 0.6 is 11.6 Å². The van der Waals surface area contributed by atoms with Crippen molar-refractivity contribution in [2.75, 3.05) is 33.3 Å². The number of halogens is 1. The topological polar surface area (TPSA) is 49.9 Å². The highest BCUT2D eigenvalue weighted by Gasteiger charge is 2.39. The van der Waals surface area contributed by atoms with Gasteiger partial charge in [0.25, 0.3) is 0 Å². The van der Waals surface area contributed by atoms with Crippen molar-refractivity contribution in [3.63, 3.8) is 0 Å². The molecule has 7 heteroatoms. The summed E-state index contributed by atoms with van der Waals surface area (Å²) >= 11 is 6.07. The molecule has 0 amide bonds. The summed E-state index contributed by atoms with van der Waals surface area (Å²) in [5, 5.41) is 0.509. The second-order valence-corrected chi connectivity index (χ2v) is 8.67. The molecular formula is C16H23ClN2O3S. The zero-order valence-corrected chi connectivity index (χ0v) is 14.9. The normalized spacial score (nSPS) is 22.2. The average molecular weight is 359 g/mol. The van der Waals surface area contributed by atoms with E-state index in [0.29, 0.717) is 35.8 Å². The molecule has 3 rings (SSSR count). The van der Waals surface area contributed by atoms with Gasteiger partial charge >= 0.3 is 0 Å². The van der Waals surface area contributed by atoms with Gasteiger partial charge in [-0.25, -0.2) is 8.42 Å². The van der Waals surface area contributed by atoms with Gasteiger partial charge in [0, 0.05) is 44.4 Å². The molecule has 2 aliphatic rings. The summed E-state index contributed by atoms with van der Waals surface area (Å²) < 4.78 is 31.9. The van der Waals surface area contributed by atoms with Crippen molar-refractivity contribution < 1.29 is 13.2 Å². The van der Waals surface area contributed by atoms with Crippen LogP contribution in [0, 0.1) is 0 Å². The minimum atomic E-state index is -3.29. The Hall–Kier alpha value is -0.660. The molecular weight excluding hydrogens is 336 g/mol. The number of likely N-dealkylation sites (tertiary alicyclic amines) is 1. The molecule has 0 atom stereocenters. The van der Waals surface area contributed by atoms with Gasteiger partial charge in [-0.2, -0.15) is 4.31 Å². The number of hydrogen-bond donors (Lipinski definition) is 0. The van der Waals surface area contributed by atoms with Gasteiger partial charge in [-0.1, -0.05) is 29.8 Å². The van der Waals surface area contributed by atoms with Crippen molar-refractivity contribution in [3.8, 4) is 0 Å². The van der Waals surface area contributed by atoms with Crippen LogP contribution in [-0.2, 0) is 20.5 Å². The zero-order chi connectivity index (χ0) is 16.4. The van der Waals surface area contributed by atoms with Crippen LogP contribution in [0.2, 0.25) is 5.02 Å². The van der Waals surface area contributed by atoms with Crippen LogP contribution in [0.5, 0.6) is 0 Å². The number of hydrogen-bond acceptors (Lipinski definition) is 4. The first kappa shape index (κ1) is 17.2. The molecule has 2 aliphatic heterocycles. The highest BCUT2D eigenvalue weighted by molar-refractivity contribution is 7.88. The van der Waals surface area contributed by atoms with E-state index in [9.17, 15) is 8.42 Å². The predicted octanol–water partition coefficient (Wildman–Crippen LogP) is 1.96. The summed E-state index contributed by atoms with van der Waals surface area (Å²) in [5.41, 5.74) is 0.665. The zero-order valence-electron chi connectivity index (χ0n) is 13.3. The Kier molecular flexibility index (Phi) is 5.28. The molecule has 1 aromatic carbocycles. The first-order valence-corrected chi connectivity index (χ1v) is 9.96. The molecule has 5 nitrogen and oxygen atoms in total. The maximum absolute atomic E-state index is 12.5. The van der Waals surface area contributed by atoms with E-state index in [1.807, 2.05) is 12.1 Å². The number of sulfonamides is 1. The number of rotatable bonds is 5. The molecule has 0 radical (unpaired) electrons. The molecule has 0 unspecified atom stereocenters. The quantitative estimate of drug-likeness (QED) is 0.807. The second kappa shape index (κ2) is 7.07. The van der Waals surface area contributed by atoms with Gasteiger partial charge in [0.05, 0.1) is 11.9 Å². The number of nitrogens with zero attached hydrogens (tertiary/aromatic N) is 2. The van der Waals surface area contributed by atoms with E-state index < -0.39 is 10.0 Å². The van der Waals surface area contributed by atoms with E-state index in [0.717, 1.165) is 25.9 Å². The van der Waals surface area contributed by atoms with Crippen LogP contribution in [0.25, 0.3) is 0 Å². The molecule has 0 saturated carbocycles. The third-order valence-corrected chi connectivity index (χ3v) is 6.97. The third-order valence-electron chi connectivity index (χ3n) is 4.84. The van der Waals surface area contributed by atoms with Crippen LogP contribution < -0.4 is 0 Å². The highest BCUT2D eigenvalue weighted by atomic mass is 35.5. The Labute approximate surface area is 143 Å². The van der Waals surface area contributed by atoms with Gasteiger partial charge in [0.1, 0.15) is 0 Å². The number of piperidine rings is 1. The second-order valence-electron chi connectivity index (χ2n) is 6.29. The lowest BCUT2D eigenvalue weighted by molar-refractivity contribution is 0.00361. The Morgan fingerprint density at radius 2 is 1.87 bits per heavy atom. The fraction of sp³-hybridized carbons (Fsp3) is 0.625. The number of ether oxygens (including phenoxy) is 1. The largest absolute Gasteiger partial charge is 0.381 e. The fourth-order valence-electron chi connectivity index (χ4n) is 3.25. The van der Waals surface area contributed by atoms with E-state index in [2.05, 4.69) is 4.90 Å². The van der Waals surface area contributed by atoms with Gasteiger partial charge in [-0.3, -0.25) is 4.90 Å². The lowest BCUT2D eigenvalue weighted by Crippen LogP contribution is -2.62. The van der Waals surface area contributed by atoms with Gasteiger partial charge in [0.15, 0.2) is 0 Å². The van der Waals surface area contributed by atoms with E-state index in [1.165, 1.54) is 0 Å². The summed E-state index contributed by atoms with van der Waals surface area (Å²) in [6, 6.07) is 7.46. The molecule has 23 heavy (non-hydrogen) atoms. The van der Waals surface area contributed by atoms with Gasteiger partial charge in [0.2, 0.25) is 10.0 Å². The van der Waals surface area contributed by atoms with Crippen molar-refractivity contribution in [2.45, 2.75) is 30.7 Å². The minimum absolute atomic E-state index is 0.0227. The van der Waals surface area contributed by atoms with Gasteiger partial charge in [-0.15, -0.1) is 0 Å². The lowest BCUT2D eigenvalue weighted by Gasteiger charge is -2.46. The molecule has 2 fully saturated rings. The predicted molar refractivity (Wildman–Crippen MR) is 91.0 cm³/mol. The smallest absolute Gasteiger partial charge is 0.218 e. The van der Waals surface area contributed by atoms with Gasteiger partial charge < -0.3 is 4.74 Å². The molecule has 0 aromatic heterocycles. The molecule has 1 aromatic rings. The maximum Gasteiger partial charge on any atom is 0.218 e. The molecule has 0 N–H and O–H groups in total. The summed E-state index contributed by atoms with van der Waals surface area (Å²) in [4.78, 5) is 2.39. The summed E-state index contributed by atoms with van der Waals surface area (Å²) in [6.07, 6.45) is 2.41. The van der Waals surface area contributed by atoms with Crippen LogP contribution in [-0.4, -0.2) is 63.1 Å². The summed E-state index contributed by atoms with van der Waals surface area (Å²) in [6.45, 7) is 3.15. The molecule has 128 valence electrons. The van der Waals surface area contributed by atoms with Crippen LogP contribution in [0.15, 0.2) is 24.3 Å². The average Bonchev–Trinajstić information content (AvgIpc) is 2.48. The lowest BCUT2D eigenvalue weighted by atomic mass is 10.0. The van der Waals surface area contributed by atoms with Crippen molar-refractivity contribution in [3.05, 3.63) is 34.9 Å². The van der Waals surface area contributed by atoms with Gasteiger partial charge in [-0.05, 0) is 24.5 Å². The summed E-state index contributed by atoms with van der Waals surface area (Å²) in [5.74, 6) is -0.0227. The minimum Gasteiger partial charge on any atom is -0.381 e. The Morgan fingerprint density at radius 3 is 2.48 bits per heavy atom. The first-order chi connectivity index (χ1) is 11.0. The van der Waals surface area contributed by atoms with E-state index >= 15 is 0 Å². The number of benzene rings is 1. The maximum atomic E-state index is 12.5. The van der Waals surface area contributed by atoms with Crippen LogP contribution in [0.4, 0.5) is 0 Å². The van der Waals surface area contributed by atoms with E-state index in [1.54, 1.807) is 23.5 Å². The Morgan fingerprint density at radius 1 is 1.22 bits per heavy atom. The molecule has 0 spiro atoms. The SMILES string of the molecule is COC1CCN(C2CN(S(=O)(=O)Cc3ccccc3Cl)C2)CC1. The monoisotopic (exact) mass is 358 g/mol. The highest BCUT2D eigenvalue weighted by Crippen LogP contribution is 2.26. The molecule has 0 bridgehead atoms. The van der Waals surface area contributed by atoms with E-state index in [4.69, 9.17) is 16.3 Å². The van der Waals surface area contributed by atoms with Crippen molar-refractivity contribution in [1.29, 1.82) is 0 Å². The van der Waals surface area contributed by atoms with Crippen LogP contribution in [0.3, 0.4) is 0 Å². The first-order valence-electron chi connectivity index (χ1n) is 7.97.